The van der Waals surface area contributed by atoms with Crippen LogP contribution in [-0.2, 0) is 14.4 Å². The van der Waals surface area contributed by atoms with Crippen LogP contribution in [0.1, 0.15) is 91.9 Å². The molecule has 0 spiro atoms. The van der Waals surface area contributed by atoms with E-state index in [4.69, 9.17) is 0 Å². The lowest BCUT2D eigenvalue weighted by Gasteiger charge is -2.71. The molecule has 0 aromatic heterocycles. The lowest BCUT2D eigenvalue weighted by Crippen LogP contribution is -2.70. The van der Waals surface area contributed by atoms with Crippen molar-refractivity contribution < 1.29 is 34.8 Å². The highest BCUT2D eigenvalue weighted by Crippen LogP contribution is 2.77. The summed E-state index contributed by atoms with van der Waals surface area (Å²) in [6.45, 7) is 12.1. The van der Waals surface area contributed by atoms with Crippen LogP contribution in [0.2, 0.25) is 0 Å². The predicted octanol–water partition coefficient (Wildman–Crippen LogP) is 5.22. The first-order valence-electron chi connectivity index (χ1n) is 14.2. The van der Waals surface area contributed by atoms with Crippen LogP contribution in [0.25, 0.3) is 0 Å². The molecular weight excluding hydrogens is 472 g/mol. The standard InChI is InChI=1S/C30H44O7/c1-16(2)17-8-13-29(24(34)35)14-15-30(25(36)37)18(22(17)29)6-7-19-26(3)11-10-21(31)28(5,23(32)33)20(26)9-12-27(19,30)4/h17-22,31H,1,6-15H2,2-5H3,(H,32,33)(H,34,35)(H,36,37)/t17-,18-,19+,20+,21+,22-,26-,27+,28+,29-,30-/m1/s1. The number of rotatable bonds is 4. The molecular formula is C30H44O7. The summed E-state index contributed by atoms with van der Waals surface area (Å²) < 4.78 is 0. The minimum atomic E-state index is -1.26. The summed E-state index contributed by atoms with van der Waals surface area (Å²) in [7, 11) is 0. The number of aliphatic carboxylic acids is 3. The molecule has 0 radical (unpaired) electrons. The number of allylic oxidation sites excluding steroid dienone is 1. The number of fused-ring (bicyclic) bond motifs is 7. The Morgan fingerprint density at radius 2 is 1.43 bits per heavy atom. The number of carboxylic acid groups (broad SMARTS) is 3. The molecule has 206 valence electrons. The summed E-state index contributed by atoms with van der Waals surface area (Å²) in [6.07, 6.45) is 4.75. The Balaban J connectivity index is 1.64. The lowest BCUT2D eigenvalue weighted by molar-refractivity contribution is -0.257. The van der Waals surface area contributed by atoms with Crippen LogP contribution in [0.3, 0.4) is 0 Å². The van der Waals surface area contributed by atoms with Gasteiger partial charge in [0.25, 0.3) is 0 Å². The maximum Gasteiger partial charge on any atom is 0.312 e. The third-order valence-corrected chi connectivity index (χ3v) is 13.4. The fourth-order valence-corrected chi connectivity index (χ4v) is 11.6. The molecule has 0 saturated heterocycles. The fraction of sp³-hybridized carbons (Fsp3) is 0.833. The van der Waals surface area contributed by atoms with Gasteiger partial charge in [-0.3, -0.25) is 14.4 Å². The number of aliphatic hydroxyl groups excluding tert-OH is 1. The average molecular weight is 517 g/mol. The van der Waals surface area contributed by atoms with Crippen molar-refractivity contribution in [2.45, 2.75) is 98.0 Å². The van der Waals surface area contributed by atoms with Gasteiger partial charge in [-0.25, -0.2) is 0 Å². The van der Waals surface area contributed by atoms with Crippen LogP contribution < -0.4 is 0 Å². The molecule has 5 aliphatic carbocycles. The summed E-state index contributed by atoms with van der Waals surface area (Å²) in [5, 5.41) is 42.7. The van der Waals surface area contributed by atoms with Gasteiger partial charge in [0.05, 0.1) is 22.3 Å². The number of carbonyl (C=O) groups is 3. The zero-order valence-electron chi connectivity index (χ0n) is 22.8. The molecule has 0 aromatic rings. The monoisotopic (exact) mass is 516 g/mol. The first-order chi connectivity index (χ1) is 17.1. The summed E-state index contributed by atoms with van der Waals surface area (Å²) in [5.41, 5.74) is -3.24. The largest absolute Gasteiger partial charge is 0.481 e. The van der Waals surface area contributed by atoms with Crippen LogP contribution in [0.15, 0.2) is 12.2 Å². The molecule has 11 atom stereocenters. The second kappa shape index (κ2) is 8.06. The normalized spacial score (nSPS) is 52.7. The molecule has 5 aliphatic rings. The van der Waals surface area contributed by atoms with Gasteiger partial charge in [0.1, 0.15) is 0 Å². The van der Waals surface area contributed by atoms with E-state index in [1.54, 1.807) is 6.92 Å². The fourth-order valence-electron chi connectivity index (χ4n) is 11.6. The molecule has 0 amide bonds. The summed E-state index contributed by atoms with van der Waals surface area (Å²) in [4.78, 5) is 38.9. The van der Waals surface area contributed by atoms with E-state index >= 15 is 0 Å². The van der Waals surface area contributed by atoms with Gasteiger partial charge in [0.15, 0.2) is 0 Å². The smallest absolute Gasteiger partial charge is 0.312 e. The van der Waals surface area contributed by atoms with Crippen molar-refractivity contribution in [3.63, 3.8) is 0 Å². The van der Waals surface area contributed by atoms with Gasteiger partial charge in [-0.1, -0.05) is 26.0 Å². The van der Waals surface area contributed by atoms with Crippen molar-refractivity contribution in [2.24, 2.45) is 56.7 Å². The van der Waals surface area contributed by atoms with Crippen molar-refractivity contribution in [1.29, 1.82) is 0 Å². The minimum Gasteiger partial charge on any atom is -0.481 e. The van der Waals surface area contributed by atoms with Crippen LogP contribution in [0, 0.1) is 56.7 Å². The van der Waals surface area contributed by atoms with E-state index in [0.29, 0.717) is 51.4 Å². The molecule has 0 heterocycles. The summed E-state index contributed by atoms with van der Waals surface area (Å²) in [5.74, 6) is -3.30. The second-order valence-corrected chi connectivity index (χ2v) is 14.1. The molecule has 0 unspecified atom stereocenters. The summed E-state index contributed by atoms with van der Waals surface area (Å²) in [6, 6.07) is 0. The van der Waals surface area contributed by atoms with Gasteiger partial charge in [0.2, 0.25) is 0 Å². The van der Waals surface area contributed by atoms with Crippen LogP contribution >= 0.6 is 0 Å². The van der Waals surface area contributed by atoms with E-state index in [1.165, 1.54) is 0 Å². The van der Waals surface area contributed by atoms with Crippen molar-refractivity contribution >= 4 is 17.9 Å². The highest BCUT2D eigenvalue weighted by molar-refractivity contribution is 5.81. The van der Waals surface area contributed by atoms with Crippen molar-refractivity contribution in [2.75, 3.05) is 0 Å². The van der Waals surface area contributed by atoms with E-state index in [1.807, 2.05) is 6.92 Å². The Labute approximate surface area is 219 Å². The number of aliphatic hydroxyl groups is 1. The molecule has 7 nitrogen and oxygen atoms in total. The average Bonchev–Trinajstić information content (AvgIpc) is 3.23. The molecule has 7 heteroatoms. The Hall–Kier alpha value is -1.89. The van der Waals surface area contributed by atoms with E-state index < -0.39 is 51.1 Å². The Morgan fingerprint density at radius 1 is 0.757 bits per heavy atom. The van der Waals surface area contributed by atoms with Gasteiger partial charge in [-0.05, 0) is 118 Å². The maximum absolute atomic E-state index is 13.6. The summed E-state index contributed by atoms with van der Waals surface area (Å²) >= 11 is 0. The molecule has 37 heavy (non-hydrogen) atoms. The topological polar surface area (TPSA) is 132 Å². The number of hydrogen-bond donors (Lipinski definition) is 4. The zero-order chi connectivity index (χ0) is 27.3. The molecule has 0 aromatic carbocycles. The van der Waals surface area contributed by atoms with Crippen LogP contribution in [-0.4, -0.2) is 44.4 Å². The number of hydrogen-bond acceptors (Lipinski definition) is 4. The van der Waals surface area contributed by atoms with Crippen LogP contribution in [0.5, 0.6) is 0 Å². The first kappa shape index (κ1) is 26.7. The molecule has 5 saturated carbocycles. The second-order valence-electron chi connectivity index (χ2n) is 14.1. The highest BCUT2D eigenvalue weighted by atomic mass is 16.4. The van der Waals surface area contributed by atoms with Crippen molar-refractivity contribution in [1.82, 2.24) is 0 Å². The molecule has 5 fully saturated rings. The Kier molecular flexibility index (Phi) is 5.82. The Morgan fingerprint density at radius 3 is 2.00 bits per heavy atom. The van der Waals surface area contributed by atoms with E-state index in [-0.39, 0.29) is 29.6 Å². The van der Waals surface area contributed by atoms with Gasteiger partial charge >= 0.3 is 17.9 Å². The van der Waals surface area contributed by atoms with Crippen molar-refractivity contribution in [3.8, 4) is 0 Å². The minimum absolute atomic E-state index is 0.000663. The van der Waals surface area contributed by atoms with Gasteiger partial charge < -0.3 is 20.4 Å². The lowest BCUT2D eigenvalue weighted by atomic mass is 9.31. The Bertz CT molecular complexity index is 1050. The quantitative estimate of drug-likeness (QED) is 0.377. The predicted molar refractivity (Wildman–Crippen MR) is 137 cm³/mol. The van der Waals surface area contributed by atoms with E-state index in [9.17, 15) is 34.8 Å². The van der Waals surface area contributed by atoms with Crippen molar-refractivity contribution in [3.05, 3.63) is 12.2 Å². The number of carboxylic acids is 3. The third-order valence-electron chi connectivity index (χ3n) is 13.4. The SMILES string of the molecule is C=C(C)[C@H]1CC[C@@]2(C(=O)O)CC[C@]3(C(=O)O)[C@H](CC[C@H]4[C@@]5(C)CC[C@H](O)[C@@](C)(C(=O)O)[C@H]5CC[C@@]43C)[C@@H]12. The van der Waals surface area contributed by atoms with Gasteiger partial charge in [-0.15, -0.1) is 0 Å². The first-order valence-corrected chi connectivity index (χ1v) is 14.2. The van der Waals surface area contributed by atoms with E-state index in [2.05, 4.69) is 20.4 Å². The third kappa shape index (κ3) is 2.95. The molecule has 4 N–H and O–H groups in total. The molecule has 0 bridgehead atoms. The van der Waals surface area contributed by atoms with E-state index in [0.717, 1.165) is 18.4 Å². The van der Waals surface area contributed by atoms with Gasteiger partial charge in [-0.2, -0.15) is 0 Å². The maximum atomic E-state index is 13.6. The van der Waals surface area contributed by atoms with Crippen LogP contribution in [0.4, 0.5) is 0 Å². The zero-order valence-corrected chi connectivity index (χ0v) is 22.8. The molecule has 0 aliphatic heterocycles. The molecule has 5 rings (SSSR count). The highest BCUT2D eigenvalue weighted by Gasteiger charge is 2.76. The van der Waals surface area contributed by atoms with Gasteiger partial charge in [0, 0.05) is 0 Å².